The quantitative estimate of drug-likeness (QED) is 0.677. The molecule has 0 radical (unpaired) electrons. The Kier molecular flexibility index (Phi) is 1.95. The zero-order valence-corrected chi connectivity index (χ0v) is 9.20. The summed E-state index contributed by atoms with van der Waals surface area (Å²) in [7, 11) is 0. The summed E-state index contributed by atoms with van der Waals surface area (Å²) in [6, 6.07) is 6.95. The van der Waals surface area contributed by atoms with Crippen molar-refractivity contribution in [1.29, 1.82) is 0 Å². The van der Waals surface area contributed by atoms with Crippen LogP contribution < -0.4 is 10.9 Å². The first-order valence-electron chi connectivity index (χ1n) is 5.35. The van der Waals surface area contributed by atoms with Gasteiger partial charge in [0.1, 0.15) is 0 Å². The predicted octanol–water partition coefficient (Wildman–Crippen LogP) is 0.844. The largest absolute Gasteiger partial charge is 0.341 e. The number of rotatable bonds is 1. The molecule has 1 unspecified atom stereocenters. The van der Waals surface area contributed by atoms with Gasteiger partial charge in [0, 0.05) is 11.3 Å². The highest BCUT2D eigenvalue weighted by molar-refractivity contribution is 5.99. The van der Waals surface area contributed by atoms with Gasteiger partial charge < -0.3 is 10.4 Å². The van der Waals surface area contributed by atoms with Crippen molar-refractivity contribution in [1.82, 2.24) is 15.5 Å². The van der Waals surface area contributed by atoms with E-state index in [1.54, 1.807) is 13.0 Å². The molecule has 2 heterocycles. The summed E-state index contributed by atoms with van der Waals surface area (Å²) in [6.45, 7) is 1.81. The highest BCUT2D eigenvalue weighted by atomic mass is 16.2. The van der Waals surface area contributed by atoms with Gasteiger partial charge >= 0.3 is 0 Å². The summed E-state index contributed by atoms with van der Waals surface area (Å²) in [4.78, 5) is 23.5. The maximum absolute atomic E-state index is 11.8. The number of H-pyrrole nitrogens is 2. The molecule has 1 amide bonds. The van der Waals surface area contributed by atoms with Crippen LogP contribution in [0.3, 0.4) is 0 Å². The Morgan fingerprint density at radius 3 is 2.59 bits per heavy atom. The number of nitrogens with one attached hydrogen (secondary N) is 3. The number of carbonyl (C=O) groups is 1. The van der Waals surface area contributed by atoms with Crippen molar-refractivity contribution in [3.63, 3.8) is 0 Å². The monoisotopic (exact) mass is 229 g/mol. The second-order valence-electron chi connectivity index (χ2n) is 4.11. The van der Waals surface area contributed by atoms with Crippen molar-refractivity contribution < 1.29 is 4.79 Å². The van der Waals surface area contributed by atoms with Crippen LogP contribution in [-0.2, 0) is 0 Å². The molecule has 3 N–H and O–H groups in total. The van der Waals surface area contributed by atoms with E-state index in [4.69, 9.17) is 0 Å². The Morgan fingerprint density at radius 2 is 1.88 bits per heavy atom. The van der Waals surface area contributed by atoms with Gasteiger partial charge in [-0.1, -0.05) is 18.2 Å². The third-order valence-electron chi connectivity index (χ3n) is 3.09. The number of hydrogen-bond acceptors (Lipinski definition) is 2. The van der Waals surface area contributed by atoms with E-state index in [0.29, 0.717) is 11.1 Å². The van der Waals surface area contributed by atoms with E-state index in [1.807, 2.05) is 18.2 Å². The summed E-state index contributed by atoms with van der Waals surface area (Å²) in [5.41, 5.74) is 2.62. The minimum Gasteiger partial charge on any atom is -0.341 e. The molecule has 1 aliphatic heterocycles. The summed E-state index contributed by atoms with van der Waals surface area (Å²) in [5.74, 6) is -0.134. The number of fused-ring (bicyclic) bond motifs is 1. The van der Waals surface area contributed by atoms with E-state index in [2.05, 4.69) is 15.5 Å². The third-order valence-corrected chi connectivity index (χ3v) is 3.09. The van der Waals surface area contributed by atoms with E-state index in [-0.39, 0.29) is 17.5 Å². The fourth-order valence-electron chi connectivity index (χ4n) is 2.27. The van der Waals surface area contributed by atoms with E-state index < -0.39 is 0 Å². The minimum absolute atomic E-state index is 0.134. The Hall–Kier alpha value is -2.30. The van der Waals surface area contributed by atoms with Gasteiger partial charge in [-0.05, 0) is 18.6 Å². The number of aryl methyl sites for hydroxylation is 1. The number of benzene rings is 1. The van der Waals surface area contributed by atoms with E-state index in [9.17, 15) is 9.59 Å². The van der Waals surface area contributed by atoms with Crippen LogP contribution in [-0.4, -0.2) is 16.1 Å². The third kappa shape index (κ3) is 1.32. The lowest BCUT2D eigenvalue weighted by Crippen LogP contribution is -2.24. The maximum Gasteiger partial charge on any atom is 0.269 e. The topological polar surface area (TPSA) is 77.8 Å². The summed E-state index contributed by atoms with van der Waals surface area (Å²) in [6.07, 6.45) is 0. The molecule has 0 bridgehead atoms. The second-order valence-corrected chi connectivity index (χ2v) is 4.11. The summed E-state index contributed by atoms with van der Waals surface area (Å²) >= 11 is 0. The molecular formula is C12H11N3O2. The summed E-state index contributed by atoms with van der Waals surface area (Å²) in [5, 5.41) is 8.12. The molecule has 86 valence electrons. The summed E-state index contributed by atoms with van der Waals surface area (Å²) < 4.78 is 0. The van der Waals surface area contributed by atoms with E-state index >= 15 is 0 Å². The lowest BCUT2D eigenvalue weighted by Gasteiger charge is -2.09. The minimum atomic E-state index is -0.353. The van der Waals surface area contributed by atoms with Crippen LogP contribution in [0.2, 0.25) is 0 Å². The van der Waals surface area contributed by atoms with Crippen LogP contribution in [0.1, 0.15) is 33.2 Å². The first-order chi connectivity index (χ1) is 8.18. The number of aromatic nitrogens is 2. The number of carbonyl (C=O) groups excluding carboxylic acids is 1. The van der Waals surface area contributed by atoms with Crippen LogP contribution in [0, 0.1) is 6.92 Å². The molecule has 0 saturated heterocycles. The fraction of sp³-hybridized carbons (Fsp3) is 0.167. The first-order valence-corrected chi connectivity index (χ1v) is 5.35. The smallest absolute Gasteiger partial charge is 0.269 e. The van der Waals surface area contributed by atoms with Crippen molar-refractivity contribution in [3.8, 4) is 0 Å². The molecule has 0 fully saturated rings. The van der Waals surface area contributed by atoms with Gasteiger partial charge in [-0.3, -0.25) is 14.7 Å². The molecule has 3 rings (SSSR count). The van der Waals surface area contributed by atoms with Gasteiger partial charge in [0.25, 0.3) is 11.5 Å². The Morgan fingerprint density at radius 1 is 1.12 bits per heavy atom. The molecular weight excluding hydrogens is 218 g/mol. The van der Waals surface area contributed by atoms with Crippen molar-refractivity contribution in [2.24, 2.45) is 0 Å². The average Bonchev–Trinajstić information content (AvgIpc) is 2.82. The fourth-order valence-corrected chi connectivity index (χ4v) is 2.27. The van der Waals surface area contributed by atoms with Gasteiger partial charge in [0.05, 0.1) is 11.6 Å². The molecule has 1 aliphatic rings. The molecule has 1 aromatic carbocycles. The second kappa shape index (κ2) is 3.35. The van der Waals surface area contributed by atoms with Crippen LogP contribution in [0.15, 0.2) is 29.1 Å². The van der Waals surface area contributed by atoms with Crippen molar-refractivity contribution in [3.05, 3.63) is 57.0 Å². The SMILES string of the molecule is Cc1[nH][nH]c(=O)c1C1NC(=O)c2ccccc21. The molecule has 0 saturated carbocycles. The van der Waals surface area contributed by atoms with Crippen molar-refractivity contribution in [2.45, 2.75) is 13.0 Å². The molecule has 0 spiro atoms. The number of hydrogen-bond donors (Lipinski definition) is 3. The zero-order chi connectivity index (χ0) is 12.0. The Balaban J connectivity index is 2.20. The maximum atomic E-state index is 11.8. The Bertz CT molecular complexity index is 654. The van der Waals surface area contributed by atoms with Crippen molar-refractivity contribution >= 4 is 5.91 Å². The zero-order valence-electron chi connectivity index (χ0n) is 9.20. The molecule has 0 aliphatic carbocycles. The van der Waals surface area contributed by atoms with Gasteiger partial charge in [-0.2, -0.15) is 0 Å². The first kappa shape index (κ1) is 9.89. The highest BCUT2D eigenvalue weighted by Crippen LogP contribution is 2.29. The molecule has 2 aromatic rings. The van der Waals surface area contributed by atoms with E-state index in [0.717, 1.165) is 11.3 Å². The van der Waals surface area contributed by atoms with Crippen LogP contribution in [0.25, 0.3) is 0 Å². The van der Waals surface area contributed by atoms with E-state index in [1.165, 1.54) is 0 Å². The normalized spacial score (nSPS) is 17.9. The van der Waals surface area contributed by atoms with Gasteiger partial charge in [0.15, 0.2) is 0 Å². The van der Waals surface area contributed by atoms with Gasteiger partial charge in [-0.15, -0.1) is 0 Å². The Labute approximate surface area is 96.8 Å². The number of aromatic amines is 2. The van der Waals surface area contributed by atoms with Gasteiger partial charge in [-0.25, -0.2) is 0 Å². The van der Waals surface area contributed by atoms with Gasteiger partial charge in [0.2, 0.25) is 0 Å². The lowest BCUT2D eigenvalue weighted by atomic mass is 9.99. The molecule has 1 atom stereocenters. The molecule has 17 heavy (non-hydrogen) atoms. The van der Waals surface area contributed by atoms with Crippen molar-refractivity contribution in [2.75, 3.05) is 0 Å². The van der Waals surface area contributed by atoms with Crippen LogP contribution in [0.5, 0.6) is 0 Å². The highest BCUT2D eigenvalue weighted by Gasteiger charge is 2.32. The lowest BCUT2D eigenvalue weighted by molar-refractivity contribution is 0.0960. The van der Waals surface area contributed by atoms with Crippen LogP contribution in [0.4, 0.5) is 0 Å². The number of amides is 1. The molecule has 5 heteroatoms. The standard InChI is InChI=1S/C12H11N3O2/c1-6-9(12(17)15-14-6)10-7-4-2-3-5-8(7)11(16)13-10/h2-5,10H,1H3,(H,13,16)(H2,14,15,17). The molecule has 1 aromatic heterocycles. The molecule has 5 nitrogen and oxygen atoms in total. The average molecular weight is 229 g/mol. The predicted molar refractivity (Wildman–Crippen MR) is 61.9 cm³/mol. The van der Waals surface area contributed by atoms with Crippen LogP contribution >= 0.6 is 0 Å².